The molecule has 2 fully saturated rings. The Morgan fingerprint density at radius 1 is 1.25 bits per heavy atom. The van der Waals surface area contributed by atoms with Gasteiger partial charge in [0, 0.05) is 51.6 Å². The molecule has 2 aliphatic rings. The number of aryl methyl sites for hydroxylation is 1. The summed E-state index contributed by atoms with van der Waals surface area (Å²) in [6.45, 7) is 6.16. The molecule has 2 saturated heterocycles. The molecule has 2 aliphatic heterocycles. The Hall–Kier alpha value is -2.74. The Bertz CT molecular complexity index is 802. The van der Waals surface area contributed by atoms with Gasteiger partial charge in [0.2, 0.25) is 0 Å². The van der Waals surface area contributed by atoms with Gasteiger partial charge in [0.25, 0.3) is 5.91 Å². The fourth-order valence-electron chi connectivity index (χ4n) is 3.63. The molecule has 0 bridgehead atoms. The number of ether oxygens (including phenoxy) is 1. The SMILES string of the molecule is Cc1nc(NCC2CCCO2)cc(C(=O)N2CCN(c3ccccn3)CC2)n1. The highest BCUT2D eigenvalue weighted by atomic mass is 16.5. The quantitative estimate of drug-likeness (QED) is 0.843. The Kier molecular flexibility index (Phi) is 5.66. The first kappa shape index (κ1) is 18.6. The van der Waals surface area contributed by atoms with Crippen LogP contribution in [0.2, 0.25) is 0 Å². The zero-order chi connectivity index (χ0) is 19.3. The Morgan fingerprint density at radius 3 is 2.82 bits per heavy atom. The maximum Gasteiger partial charge on any atom is 0.272 e. The summed E-state index contributed by atoms with van der Waals surface area (Å²) in [5, 5.41) is 3.29. The van der Waals surface area contributed by atoms with E-state index in [0.717, 1.165) is 38.4 Å². The van der Waals surface area contributed by atoms with Gasteiger partial charge < -0.3 is 19.9 Å². The molecule has 1 N–H and O–H groups in total. The first-order valence-electron chi connectivity index (χ1n) is 9.85. The Labute approximate surface area is 164 Å². The Balaban J connectivity index is 1.37. The van der Waals surface area contributed by atoms with Crippen molar-refractivity contribution >= 4 is 17.5 Å². The molecule has 0 aromatic carbocycles. The van der Waals surface area contributed by atoms with Gasteiger partial charge in [-0.2, -0.15) is 0 Å². The minimum Gasteiger partial charge on any atom is -0.376 e. The van der Waals surface area contributed by atoms with E-state index in [1.54, 1.807) is 12.3 Å². The van der Waals surface area contributed by atoms with Crippen molar-refractivity contribution in [3.05, 3.63) is 42.0 Å². The van der Waals surface area contributed by atoms with Crippen LogP contribution < -0.4 is 10.2 Å². The third kappa shape index (κ3) is 4.39. The summed E-state index contributed by atoms with van der Waals surface area (Å²) in [4.78, 5) is 30.2. The second-order valence-corrected chi connectivity index (χ2v) is 7.17. The van der Waals surface area contributed by atoms with E-state index in [1.165, 1.54) is 0 Å². The molecule has 2 aromatic rings. The van der Waals surface area contributed by atoms with Crippen LogP contribution in [-0.2, 0) is 4.74 Å². The number of pyridine rings is 1. The lowest BCUT2D eigenvalue weighted by molar-refractivity contribution is 0.0740. The second kappa shape index (κ2) is 8.52. The third-order valence-electron chi connectivity index (χ3n) is 5.13. The van der Waals surface area contributed by atoms with Crippen LogP contribution in [0.25, 0.3) is 0 Å². The molecule has 0 aliphatic carbocycles. The van der Waals surface area contributed by atoms with Crippen molar-refractivity contribution in [3.63, 3.8) is 0 Å². The van der Waals surface area contributed by atoms with Crippen LogP contribution in [0.1, 0.15) is 29.2 Å². The number of carbonyl (C=O) groups is 1. The highest BCUT2D eigenvalue weighted by Crippen LogP contribution is 2.16. The molecular formula is C20H26N6O2. The molecule has 148 valence electrons. The number of nitrogens with zero attached hydrogens (tertiary/aromatic N) is 5. The lowest BCUT2D eigenvalue weighted by Gasteiger charge is -2.35. The van der Waals surface area contributed by atoms with Gasteiger partial charge in [-0.05, 0) is 31.9 Å². The van der Waals surface area contributed by atoms with Crippen molar-refractivity contribution in [3.8, 4) is 0 Å². The first-order chi connectivity index (χ1) is 13.7. The summed E-state index contributed by atoms with van der Waals surface area (Å²) < 4.78 is 5.63. The van der Waals surface area contributed by atoms with Crippen LogP contribution in [0.4, 0.5) is 11.6 Å². The fourth-order valence-corrected chi connectivity index (χ4v) is 3.63. The summed E-state index contributed by atoms with van der Waals surface area (Å²) in [5.41, 5.74) is 0.439. The molecule has 0 spiro atoms. The van der Waals surface area contributed by atoms with Crippen LogP contribution in [0.5, 0.6) is 0 Å². The molecule has 8 nitrogen and oxygen atoms in total. The van der Waals surface area contributed by atoms with Gasteiger partial charge in [-0.25, -0.2) is 15.0 Å². The van der Waals surface area contributed by atoms with Gasteiger partial charge >= 0.3 is 0 Å². The monoisotopic (exact) mass is 382 g/mol. The molecule has 28 heavy (non-hydrogen) atoms. The van der Waals surface area contributed by atoms with Crippen molar-refractivity contribution in [1.29, 1.82) is 0 Å². The van der Waals surface area contributed by atoms with E-state index >= 15 is 0 Å². The van der Waals surface area contributed by atoms with Crippen molar-refractivity contribution in [2.24, 2.45) is 0 Å². The number of aromatic nitrogens is 3. The molecule has 1 amide bonds. The molecule has 2 aromatic heterocycles. The molecule has 1 unspecified atom stereocenters. The average Bonchev–Trinajstić information content (AvgIpc) is 3.26. The maximum absolute atomic E-state index is 13.0. The third-order valence-corrected chi connectivity index (χ3v) is 5.13. The Morgan fingerprint density at radius 2 is 2.11 bits per heavy atom. The number of hydrogen-bond donors (Lipinski definition) is 1. The number of anilines is 2. The molecule has 1 atom stereocenters. The minimum atomic E-state index is -0.0497. The van der Waals surface area contributed by atoms with E-state index in [4.69, 9.17) is 4.74 Å². The van der Waals surface area contributed by atoms with Gasteiger partial charge in [0.15, 0.2) is 0 Å². The minimum absolute atomic E-state index is 0.0497. The topological polar surface area (TPSA) is 83.5 Å². The van der Waals surface area contributed by atoms with E-state index < -0.39 is 0 Å². The molecule has 4 heterocycles. The average molecular weight is 382 g/mol. The number of nitrogens with one attached hydrogen (secondary N) is 1. The maximum atomic E-state index is 13.0. The van der Waals surface area contributed by atoms with Crippen LogP contribution in [0, 0.1) is 6.92 Å². The molecule has 0 saturated carbocycles. The summed E-state index contributed by atoms with van der Waals surface area (Å²) in [6, 6.07) is 7.63. The number of hydrogen-bond acceptors (Lipinski definition) is 7. The largest absolute Gasteiger partial charge is 0.376 e. The smallest absolute Gasteiger partial charge is 0.272 e. The summed E-state index contributed by atoms with van der Waals surface area (Å²) in [5.74, 6) is 2.17. The summed E-state index contributed by atoms with van der Waals surface area (Å²) in [7, 11) is 0. The van der Waals surface area contributed by atoms with E-state index in [-0.39, 0.29) is 12.0 Å². The lowest BCUT2D eigenvalue weighted by Crippen LogP contribution is -2.49. The number of rotatable bonds is 5. The summed E-state index contributed by atoms with van der Waals surface area (Å²) in [6.07, 6.45) is 4.17. The first-order valence-corrected chi connectivity index (χ1v) is 9.85. The zero-order valence-corrected chi connectivity index (χ0v) is 16.2. The lowest BCUT2D eigenvalue weighted by atomic mass is 10.2. The van der Waals surface area contributed by atoms with Crippen LogP contribution in [0.15, 0.2) is 30.5 Å². The predicted octanol–water partition coefficient (Wildman–Crippen LogP) is 1.73. The van der Waals surface area contributed by atoms with Crippen molar-refractivity contribution in [2.45, 2.75) is 25.9 Å². The van der Waals surface area contributed by atoms with Gasteiger partial charge in [0.1, 0.15) is 23.2 Å². The van der Waals surface area contributed by atoms with Crippen molar-refractivity contribution in [2.75, 3.05) is 49.5 Å². The predicted molar refractivity (Wildman–Crippen MR) is 107 cm³/mol. The van der Waals surface area contributed by atoms with E-state index in [1.807, 2.05) is 30.0 Å². The van der Waals surface area contributed by atoms with Gasteiger partial charge in [0.05, 0.1) is 6.10 Å². The van der Waals surface area contributed by atoms with E-state index in [0.29, 0.717) is 37.0 Å². The standard InChI is InChI=1S/C20H26N6O2/c1-15-23-17(13-18(24-15)22-14-16-5-4-12-28-16)20(27)26-10-8-25(9-11-26)19-6-2-3-7-21-19/h2-3,6-7,13,16H,4-5,8-12,14H2,1H3,(H,22,23,24). The molecule has 8 heteroatoms. The van der Waals surface area contributed by atoms with Gasteiger partial charge in [-0.1, -0.05) is 6.07 Å². The summed E-state index contributed by atoms with van der Waals surface area (Å²) >= 11 is 0. The number of amides is 1. The fraction of sp³-hybridized carbons (Fsp3) is 0.500. The highest BCUT2D eigenvalue weighted by Gasteiger charge is 2.24. The zero-order valence-electron chi connectivity index (χ0n) is 16.2. The number of piperazine rings is 1. The molecular weight excluding hydrogens is 356 g/mol. The number of carbonyl (C=O) groups excluding carboxylic acids is 1. The van der Waals surface area contributed by atoms with E-state index in [9.17, 15) is 4.79 Å². The van der Waals surface area contributed by atoms with Crippen molar-refractivity contribution in [1.82, 2.24) is 19.9 Å². The van der Waals surface area contributed by atoms with Crippen molar-refractivity contribution < 1.29 is 9.53 Å². The van der Waals surface area contributed by atoms with Gasteiger partial charge in [-0.15, -0.1) is 0 Å². The normalized spacial score (nSPS) is 19.7. The molecule has 0 radical (unpaired) electrons. The second-order valence-electron chi connectivity index (χ2n) is 7.17. The van der Waals surface area contributed by atoms with Crippen LogP contribution in [0.3, 0.4) is 0 Å². The van der Waals surface area contributed by atoms with Gasteiger partial charge in [-0.3, -0.25) is 4.79 Å². The molecule has 4 rings (SSSR count). The van der Waals surface area contributed by atoms with Crippen LogP contribution in [-0.4, -0.2) is 71.2 Å². The van der Waals surface area contributed by atoms with E-state index in [2.05, 4.69) is 25.2 Å². The van der Waals surface area contributed by atoms with Crippen LogP contribution >= 0.6 is 0 Å². The highest BCUT2D eigenvalue weighted by molar-refractivity contribution is 5.93.